The van der Waals surface area contributed by atoms with Crippen molar-refractivity contribution in [1.29, 1.82) is 0 Å². The molecule has 1 aliphatic heterocycles. The van der Waals surface area contributed by atoms with Crippen LogP contribution in [0.5, 0.6) is 5.75 Å². The van der Waals surface area contributed by atoms with Gasteiger partial charge in [-0.15, -0.1) is 0 Å². The van der Waals surface area contributed by atoms with Crippen molar-refractivity contribution in [2.45, 2.75) is 39.2 Å². The van der Waals surface area contributed by atoms with Crippen LogP contribution in [0.1, 0.15) is 37.4 Å². The van der Waals surface area contributed by atoms with Gasteiger partial charge in [0.05, 0.1) is 5.69 Å². The van der Waals surface area contributed by atoms with Gasteiger partial charge < -0.3 is 10.1 Å². The molecule has 7 heteroatoms. The molecule has 144 valence electrons. The molecule has 1 atom stereocenters. The topological polar surface area (TPSA) is 76.5 Å². The highest BCUT2D eigenvalue weighted by molar-refractivity contribution is 6.00. The SMILES string of the molecule is Cc1cc(N2CCC(NC(=O)COc3ccc(C(C)C)cc3)C2=O)n(C)n1. The molecular weight excluding hydrogens is 344 g/mol. The molecule has 0 saturated carbocycles. The fourth-order valence-corrected chi connectivity index (χ4v) is 3.22. The zero-order valence-electron chi connectivity index (χ0n) is 16.2. The third-order valence-corrected chi connectivity index (χ3v) is 4.71. The van der Waals surface area contributed by atoms with Gasteiger partial charge in [-0.2, -0.15) is 5.10 Å². The monoisotopic (exact) mass is 370 g/mol. The third kappa shape index (κ3) is 4.30. The number of nitrogens with zero attached hydrogens (tertiary/aromatic N) is 3. The van der Waals surface area contributed by atoms with Gasteiger partial charge in [-0.05, 0) is 37.0 Å². The number of nitrogens with one attached hydrogen (secondary N) is 1. The molecule has 2 aromatic rings. The molecule has 0 radical (unpaired) electrons. The summed E-state index contributed by atoms with van der Waals surface area (Å²) >= 11 is 0. The van der Waals surface area contributed by atoms with Crippen LogP contribution < -0.4 is 15.0 Å². The Morgan fingerprint density at radius 2 is 2.04 bits per heavy atom. The molecule has 1 fully saturated rings. The first kappa shape index (κ1) is 18.9. The van der Waals surface area contributed by atoms with Crippen LogP contribution in [0, 0.1) is 6.92 Å². The lowest BCUT2D eigenvalue weighted by Crippen LogP contribution is -2.43. The largest absolute Gasteiger partial charge is 0.484 e. The number of anilines is 1. The van der Waals surface area contributed by atoms with Crippen molar-refractivity contribution in [3.63, 3.8) is 0 Å². The van der Waals surface area contributed by atoms with Crippen molar-refractivity contribution >= 4 is 17.6 Å². The second-order valence-electron chi connectivity index (χ2n) is 7.18. The van der Waals surface area contributed by atoms with Crippen LogP contribution in [0.2, 0.25) is 0 Å². The Morgan fingerprint density at radius 1 is 1.33 bits per heavy atom. The van der Waals surface area contributed by atoms with Gasteiger partial charge in [0.2, 0.25) is 0 Å². The summed E-state index contributed by atoms with van der Waals surface area (Å²) in [5.74, 6) is 1.41. The maximum absolute atomic E-state index is 12.6. The fourth-order valence-electron chi connectivity index (χ4n) is 3.22. The molecule has 27 heavy (non-hydrogen) atoms. The van der Waals surface area contributed by atoms with Crippen LogP contribution in [0.3, 0.4) is 0 Å². The standard InChI is InChI=1S/C20H26N4O3/c1-13(2)15-5-7-16(8-6-15)27-12-18(25)21-17-9-10-24(20(17)26)19-11-14(3)22-23(19)4/h5-8,11,13,17H,9-10,12H2,1-4H3,(H,21,25). The van der Waals surface area contributed by atoms with E-state index in [1.165, 1.54) is 5.56 Å². The molecule has 1 aromatic carbocycles. The number of amides is 2. The predicted molar refractivity (Wildman–Crippen MR) is 103 cm³/mol. The molecule has 1 unspecified atom stereocenters. The summed E-state index contributed by atoms with van der Waals surface area (Å²) in [6, 6.07) is 9.04. The number of hydrogen-bond acceptors (Lipinski definition) is 4. The van der Waals surface area contributed by atoms with Crippen LogP contribution in [0.15, 0.2) is 30.3 Å². The first-order valence-electron chi connectivity index (χ1n) is 9.19. The van der Waals surface area contributed by atoms with Gasteiger partial charge in [-0.3, -0.25) is 19.2 Å². The van der Waals surface area contributed by atoms with Crippen LogP contribution >= 0.6 is 0 Å². The van der Waals surface area contributed by atoms with Gasteiger partial charge in [0, 0.05) is 19.7 Å². The molecule has 2 heterocycles. The first-order valence-corrected chi connectivity index (χ1v) is 9.19. The summed E-state index contributed by atoms with van der Waals surface area (Å²) in [6.45, 7) is 6.57. The van der Waals surface area contributed by atoms with E-state index in [9.17, 15) is 9.59 Å². The van der Waals surface area contributed by atoms with Gasteiger partial charge in [0.1, 0.15) is 17.6 Å². The molecule has 1 saturated heterocycles. The molecule has 3 rings (SSSR count). The lowest BCUT2D eigenvalue weighted by molar-refractivity contribution is -0.127. The smallest absolute Gasteiger partial charge is 0.258 e. The summed E-state index contributed by atoms with van der Waals surface area (Å²) in [5.41, 5.74) is 2.07. The lowest BCUT2D eigenvalue weighted by Gasteiger charge is -2.17. The van der Waals surface area contributed by atoms with Crippen LogP contribution in [0.25, 0.3) is 0 Å². The number of ether oxygens (including phenoxy) is 1. The average molecular weight is 370 g/mol. The quantitative estimate of drug-likeness (QED) is 0.845. The Labute approximate surface area is 159 Å². The average Bonchev–Trinajstić information content (AvgIpc) is 3.15. The summed E-state index contributed by atoms with van der Waals surface area (Å²) in [4.78, 5) is 26.5. The number of carbonyl (C=O) groups excluding carboxylic acids is 2. The third-order valence-electron chi connectivity index (χ3n) is 4.71. The second kappa shape index (κ2) is 7.82. The van der Waals surface area contributed by atoms with E-state index in [-0.39, 0.29) is 18.4 Å². The van der Waals surface area contributed by atoms with Crippen LogP contribution in [-0.4, -0.2) is 40.8 Å². The van der Waals surface area contributed by atoms with Gasteiger partial charge >= 0.3 is 0 Å². The van der Waals surface area contributed by atoms with E-state index in [1.54, 1.807) is 16.6 Å². The molecule has 1 aromatic heterocycles. The normalized spacial score (nSPS) is 16.9. The molecule has 0 aliphatic carbocycles. The highest BCUT2D eigenvalue weighted by Gasteiger charge is 2.35. The fraction of sp³-hybridized carbons (Fsp3) is 0.450. The van der Waals surface area contributed by atoms with Crippen molar-refractivity contribution in [2.24, 2.45) is 7.05 Å². The minimum atomic E-state index is -0.528. The molecule has 1 aliphatic rings. The minimum Gasteiger partial charge on any atom is -0.484 e. The van der Waals surface area contributed by atoms with Gasteiger partial charge in [-0.1, -0.05) is 26.0 Å². The first-order chi connectivity index (χ1) is 12.8. The molecule has 1 N–H and O–H groups in total. The number of hydrogen-bond donors (Lipinski definition) is 1. The van der Waals surface area contributed by atoms with Crippen molar-refractivity contribution in [2.75, 3.05) is 18.1 Å². The zero-order chi connectivity index (χ0) is 19.6. The minimum absolute atomic E-state index is 0.115. The van der Waals surface area contributed by atoms with E-state index < -0.39 is 6.04 Å². The Hall–Kier alpha value is -2.83. The zero-order valence-corrected chi connectivity index (χ0v) is 16.2. The van der Waals surface area contributed by atoms with Crippen molar-refractivity contribution < 1.29 is 14.3 Å². The van der Waals surface area contributed by atoms with Crippen LogP contribution in [-0.2, 0) is 16.6 Å². The van der Waals surface area contributed by atoms with E-state index in [1.807, 2.05) is 37.3 Å². The number of aryl methyl sites for hydroxylation is 2. The van der Waals surface area contributed by atoms with E-state index in [0.29, 0.717) is 24.6 Å². The number of carbonyl (C=O) groups is 2. The van der Waals surface area contributed by atoms with Gasteiger partial charge in [-0.25, -0.2) is 0 Å². The lowest BCUT2D eigenvalue weighted by atomic mass is 10.0. The highest BCUT2D eigenvalue weighted by Crippen LogP contribution is 2.22. The van der Waals surface area contributed by atoms with Crippen molar-refractivity contribution in [1.82, 2.24) is 15.1 Å². The van der Waals surface area contributed by atoms with Gasteiger partial charge in [0.15, 0.2) is 6.61 Å². The van der Waals surface area contributed by atoms with E-state index >= 15 is 0 Å². The Balaban J connectivity index is 1.52. The maximum atomic E-state index is 12.6. The van der Waals surface area contributed by atoms with Crippen molar-refractivity contribution in [3.05, 3.63) is 41.6 Å². The maximum Gasteiger partial charge on any atom is 0.258 e. The molecular formula is C20H26N4O3. The number of benzene rings is 1. The molecule has 0 bridgehead atoms. The summed E-state index contributed by atoms with van der Waals surface area (Å²) in [6.07, 6.45) is 0.567. The Morgan fingerprint density at radius 3 is 2.63 bits per heavy atom. The van der Waals surface area contributed by atoms with E-state index in [0.717, 1.165) is 11.5 Å². The number of aromatic nitrogens is 2. The Bertz CT molecular complexity index is 826. The summed E-state index contributed by atoms with van der Waals surface area (Å²) in [7, 11) is 1.81. The van der Waals surface area contributed by atoms with E-state index in [4.69, 9.17) is 4.74 Å². The summed E-state index contributed by atoms with van der Waals surface area (Å²) in [5, 5.41) is 7.04. The molecule has 0 spiro atoms. The Kier molecular flexibility index (Phi) is 5.48. The molecule has 7 nitrogen and oxygen atoms in total. The second-order valence-corrected chi connectivity index (χ2v) is 7.18. The predicted octanol–water partition coefficient (Wildman–Crippen LogP) is 2.15. The summed E-state index contributed by atoms with van der Waals surface area (Å²) < 4.78 is 7.21. The highest BCUT2D eigenvalue weighted by atomic mass is 16.5. The molecule has 2 amide bonds. The van der Waals surface area contributed by atoms with E-state index in [2.05, 4.69) is 24.3 Å². The number of rotatable bonds is 6. The van der Waals surface area contributed by atoms with Crippen molar-refractivity contribution in [3.8, 4) is 5.75 Å². The van der Waals surface area contributed by atoms with Crippen LogP contribution in [0.4, 0.5) is 5.82 Å². The van der Waals surface area contributed by atoms with Gasteiger partial charge in [0.25, 0.3) is 11.8 Å².